The fraction of sp³-hybridized carbons (Fsp3) is 0.667. The summed E-state index contributed by atoms with van der Waals surface area (Å²) in [4.78, 5) is 10.3. The number of anilines is 2. The van der Waals surface area contributed by atoms with Gasteiger partial charge < -0.3 is 10.4 Å². The van der Waals surface area contributed by atoms with Crippen molar-refractivity contribution in [3.8, 4) is 0 Å². The lowest BCUT2D eigenvalue weighted by atomic mass is 10.1. The Morgan fingerprint density at radius 1 is 1.37 bits per heavy atom. The highest BCUT2D eigenvalue weighted by molar-refractivity contribution is 7.92. The lowest BCUT2D eigenvalue weighted by Gasteiger charge is -2.20. The number of nitrogens with one attached hydrogen (secondary N) is 3. The van der Waals surface area contributed by atoms with E-state index < -0.39 is 10.0 Å². The van der Waals surface area contributed by atoms with Crippen LogP contribution in [0.5, 0.6) is 0 Å². The van der Waals surface area contributed by atoms with Gasteiger partial charge in [0.15, 0.2) is 0 Å². The minimum absolute atomic E-state index is 0.00662. The zero-order chi connectivity index (χ0) is 14.6. The highest BCUT2D eigenvalue weighted by atomic mass is 32.2. The zero-order valence-corrected chi connectivity index (χ0v) is 12.5. The summed E-state index contributed by atoms with van der Waals surface area (Å²) >= 11 is 4.85. The van der Waals surface area contributed by atoms with Crippen molar-refractivity contribution in [3.63, 3.8) is 0 Å². The number of aromatic nitrogens is 3. The van der Waals surface area contributed by atoms with Gasteiger partial charge >= 0.3 is 0 Å². The first-order valence-corrected chi connectivity index (χ1v) is 7.85. The lowest BCUT2D eigenvalue weighted by Crippen LogP contribution is -2.30. The summed E-state index contributed by atoms with van der Waals surface area (Å²) in [5, 5.41) is 12.2. The molecule has 10 heteroatoms. The van der Waals surface area contributed by atoms with E-state index >= 15 is 0 Å². The number of nitrogens with zero attached hydrogens (tertiary/aromatic N) is 2. The van der Waals surface area contributed by atoms with Crippen molar-refractivity contribution in [1.29, 1.82) is 0 Å². The molecule has 0 aromatic carbocycles. The SMILES string of the molecule is CC(C)[C@H](CO)Nc1nc(=S)nc(NS(C)(=O)=O)[nH]1. The highest BCUT2D eigenvalue weighted by Crippen LogP contribution is 2.10. The molecular weight excluding hydrogens is 290 g/mol. The van der Waals surface area contributed by atoms with E-state index in [4.69, 9.17) is 12.2 Å². The Hall–Kier alpha value is -1.26. The molecule has 0 fully saturated rings. The van der Waals surface area contributed by atoms with Gasteiger partial charge in [-0.15, -0.1) is 0 Å². The number of sulfonamides is 1. The molecular formula is C9H17N5O3S2. The van der Waals surface area contributed by atoms with Gasteiger partial charge in [-0.3, -0.25) is 9.71 Å². The van der Waals surface area contributed by atoms with Gasteiger partial charge in [-0.2, -0.15) is 9.97 Å². The average Bonchev–Trinajstić information content (AvgIpc) is 2.22. The minimum Gasteiger partial charge on any atom is -0.394 e. The predicted molar refractivity (Wildman–Crippen MR) is 75.0 cm³/mol. The van der Waals surface area contributed by atoms with Crippen molar-refractivity contribution in [1.82, 2.24) is 15.0 Å². The van der Waals surface area contributed by atoms with E-state index in [-0.39, 0.29) is 35.2 Å². The van der Waals surface area contributed by atoms with Crippen LogP contribution in [-0.2, 0) is 10.0 Å². The third kappa shape index (κ3) is 5.49. The third-order valence-electron chi connectivity index (χ3n) is 2.26. The summed E-state index contributed by atoms with van der Waals surface area (Å²) in [5.41, 5.74) is 0. The number of H-pyrrole nitrogens is 1. The molecule has 0 saturated heterocycles. The number of rotatable bonds is 6. The van der Waals surface area contributed by atoms with E-state index in [1.54, 1.807) is 0 Å². The Morgan fingerprint density at radius 3 is 2.42 bits per heavy atom. The molecule has 0 bridgehead atoms. The van der Waals surface area contributed by atoms with Crippen molar-refractivity contribution < 1.29 is 13.5 Å². The monoisotopic (exact) mass is 307 g/mol. The lowest BCUT2D eigenvalue weighted by molar-refractivity contribution is 0.248. The van der Waals surface area contributed by atoms with Crippen LogP contribution in [0.4, 0.5) is 11.9 Å². The molecule has 0 radical (unpaired) electrons. The maximum atomic E-state index is 11.1. The summed E-state index contributed by atoms with van der Waals surface area (Å²) in [7, 11) is -3.46. The van der Waals surface area contributed by atoms with Gasteiger partial charge in [-0.05, 0) is 18.1 Å². The van der Waals surface area contributed by atoms with Crippen LogP contribution in [0.1, 0.15) is 13.8 Å². The van der Waals surface area contributed by atoms with Crippen LogP contribution in [0, 0.1) is 10.7 Å². The molecule has 0 spiro atoms. The summed E-state index contributed by atoms with van der Waals surface area (Å²) in [6.45, 7) is 3.77. The van der Waals surface area contributed by atoms with Gasteiger partial charge in [-0.25, -0.2) is 8.42 Å². The molecule has 19 heavy (non-hydrogen) atoms. The molecule has 108 valence electrons. The van der Waals surface area contributed by atoms with E-state index in [2.05, 4.69) is 25.0 Å². The number of aliphatic hydroxyl groups excluding tert-OH is 1. The van der Waals surface area contributed by atoms with Crippen molar-refractivity contribution in [2.45, 2.75) is 19.9 Å². The van der Waals surface area contributed by atoms with Gasteiger partial charge in [0.1, 0.15) is 0 Å². The summed E-state index contributed by atoms with van der Waals surface area (Å²) in [5.74, 6) is 0.387. The van der Waals surface area contributed by atoms with Crippen LogP contribution in [0.2, 0.25) is 0 Å². The first-order valence-electron chi connectivity index (χ1n) is 5.55. The van der Waals surface area contributed by atoms with E-state index in [1.807, 2.05) is 13.8 Å². The van der Waals surface area contributed by atoms with Crippen molar-refractivity contribution in [2.24, 2.45) is 5.92 Å². The molecule has 0 saturated carbocycles. The zero-order valence-electron chi connectivity index (χ0n) is 10.8. The largest absolute Gasteiger partial charge is 0.394 e. The number of aliphatic hydroxyl groups is 1. The van der Waals surface area contributed by atoms with Crippen LogP contribution in [0.25, 0.3) is 0 Å². The van der Waals surface area contributed by atoms with Crippen LogP contribution < -0.4 is 10.0 Å². The topological polar surface area (TPSA) is 120 Å². The third-order valence-corrected chi connectivity index (χ3v) is 3.00. The maximum absolute atomic E-state index is 11.1. The fourth-order valence-electron chi connectivity index (χ4n) is 1.28. The molecule has 0 aliphatic heterocycles. The molecule has 0 unspecified atom stereocenters. The second-order valence-electron chi connectivity index (χ2n) is 4.38. The molecule has 0 aliphatic rings. The van der Waals surface area contributed by atoms with Gasteiger partial charge in [0.25, 0.3) is 0 Å². The van der Waals surface area contributed by atoms with Crippen molar-refractivity contribution in [3.05, 3.63) is 4.77 Å². The molecule has 0 amide bonds. The number of hydrogen-bond donors (Lipinski definition) is 4. The molecule has 8 nitrogen and oxygen atoms in total. The van der Waals surface area contributed by atoms with Crippen LogP contribution in [0.15, 0.2) is 0 Å². The van der Waals surface area contributed by atoms with E-state index in [0.717, 1.165) is 6.26 Å². The van der Waals surface area contributed by atoms with Gasteiger partial charge in [0.05, 0.1) is 18.9 Å². The smallest absolute Gasteiger partial charge is 0.232 e. The quantitative estimate of drug-likeness (QED) is 0.559. The predicted octanol–water partition coefficient (Wildman–Crippen LogP) is 0.334. The highest BCUT2D eigenvalue weighted by Gasteiger charge is 2.14. The van der Waals surface area contributed by atoms with Crippen LogP contribution >= 0.6 is 12.2 Å². The molecule has 1 atom stereocenters. The molecule has 1 heterocycles. The van der Waals surface area contributed by atoms with Gasteiger partial charge in [0.2, 0.25) is 26.7 Å². The Labute approximate surface area is 116 Å². The summed E-state index contributed by atoms with van der Waals surface area (Å²) < 4.78 is 24.4. The average molecular weight is 307 g/mol. The second kappa shape index (κ2) is 6.26. The molecule has 4 N–H and O–H groups in total. The molecule has 1 aromatic heterocycles. The van der Waals surface area contributed by atoms with Gasteiger partial charge in [-0.1, -0.05) is 13.8 Å². The first kappa shape index (κ1) is 15.8. The molecule has 1 rings (SSSR count). The van der Waals surface area contributed by atoms with Crippen molar-refractivity contribution >= 4 is 34.1 Å². The van der Waals surface area contributed by atoms with E-state index in [9.17, 15) is 13.5 Å². The van der Waals surface area contributed by atoms with Crippen molar-refractivity contribution in [2.75, 3.05) is 22.9 Å². The normalized spacial score (nSPS) is 13.3. The fourth-order valence-corrected chi connectivity index (χ4v) is 1.91. The maximum Gasteiger partial charge on any atom is 0.232 e. The first-order chi connectivity index (χ1) is 8.71. The minimum atomic E-state index is -3.46. The number of hydrogen-bond acceptors (Lipinski definition) is 7. The Balaban J connectivity index is 3.00. The Bertz CT molecular complexity index is 584. The standard InChI is InChI=1S/C9H17N5O3S2/c1-5(2)6(4-15)10-7-11-8(13-9(18)12-7)14-19(3,16)17/h5-6,15H,4H2,1-3H3,(H3,10,11,12,13,14,18)/t6-/m0/s1. The molecule has 1 aromatic rings. The van der Waals surface area contributed by atoms with E-state index in [0.29, 0.717) is 0 Å². The Kier molecular flexibility index (Phi) is 5.20. The van der Waals surface area contributed by atoms with Crippen LogP contribution in [-0.4, -0.2) is 47.4 Å². The van der Waals surface area contributed by atoms with Gasteiger partial charge in [0, 0.05) is 0 Å². The summed E-state index contributed by atoms with van der Waals surface area (Å²) in [6, 6.07) is -0.230. The number of aromatic amines is 1. The van der Waals surface area contributed by atoms with E-state index in [1.165, 1.54) is 0 Å². The second-order valence-corrected chi connectivity index (χ2v) is 6.49. The van der Waals surface area contributed by atoms with Crippen LogP contribution in [0.3, 0.4) is 0 Å². The summed E-state index contributed by atoms with van der Waals surface area (Å²) in [6.07, 6.45) is 1.00. The Morgan fingerprint density at radius 2 is 1.95 bits per heavy atom. The molecule has 0 aliphatic carbocycles.